The van der Waals surface area contributed by atoms with Crippen LogP contribution in [0.2, 0.25) is 0 Å². The number of nitrogens with zero attached hydrogens (tertiary/aromatic N) is 1. The standard InChI is InChI=1S/C21H30N4OS.HI/c1-17(18-7-4-3-5-8-18)25-21(10-12-26-13-11-21)16-24-20(22-2)23-15-19-9-6-14-27-19;/h3-9,14,17,25H,10-13,15-16H2,1-2H3,(H2,22,23,24);1H. The van der Waals surface area contributed by atoms with Crippen LogP contribution < -0.4 is 16.0 Å². The number of halogens is 1. The third-order valence-electron chi connectivity index (χ3n) is 5.10. The van der Waals surface area contributed by atoms with Crippen molar-refractivity contribution in [2.24, 2.45) is 4.99 Å². The number of hydrogen-bond acceptors (Lipinski definition) is 4. The van der Waals surface area contributed by atoms with E-state index in [0.29, 0.717) is 0 Å². The van der Waals surface area contributed by atoms with Gasteiger partial charge in [0.25, 0.3) is 0 Å². The molecule has 3 N–H and O–H groups in total. The first kappa shape index (κ1) is 23.1. The van der Waals surface area contributed by atoms with Crippen LogP contribution >= 0.6 is 35.3 Å². The van der Waals surface area contributed by atoms with Crippen LogP contribution in [0.25, 0.3) is 0 Å². The van der Waals surface area contributed by atoms with Gasteiger partial charge in [-0.1, -0.05) is 36.4 Å². The predicted molar refractivity (Wildman–Crippen MR) is 129 cm³/mol. The fourth-order valence-electron chi connectivity index (χ4n) is 3.48. The van der Waals surface area contributed by atoms with Gasteiger partial charge in [-0.15, -0.1) is 35.3 Å². The van der Waals surface area contributed by atoms with Crippen molar-refractivity contribution in [1.82, 2.24) is 16.0 Å². The van der Waals surface area contributed by atoms with E-state index in [9.17, 15) is 0 Å². The van der Waals surface area contributed by atoms with Crippen LogP contribution in [0.5, 0.6) is 0 Å². The number of thiophene rings is 1. The van der Waals surface area contributed by atoms with Gasteiger partial charge in [-0.3, -0.25) is 4.99 Å². The Labute approximate surface area is 189 Å². The fraction of sp³-hybridized carbons (Fsp3) is 0.476. The topological polar surface area (TPSA) is 57.7 Å². The molecule has 0 radical (unpaired) electrons. The van der Waals surface area contributed by atoms with Gasteiger partial charge in [-0.05, 0) is 36.8 Å². The van der Waals surface area contributed by atoms with Crippen molar-refractivity contribution in [2.75, 3.05) is 26.8 Å². The summed E-state index contributed by atoms with van der Waals surface area (Å²) < 4.78 is 5.63. The van der Waals surface area contributed by atoms with E-state index in [-0.39, 0.29) is 35.6 Å². The summed E-state index contributed by atoms with van der Waals surface area (Å²) in [6, 6.07) is 15.1. The van der Waals surface area contributed by atoms with Gasteiger partial charge in [0, 0.05) is 43.3 Å². The monoisotopic (exact) mass is 514 g/mol. The quantitative estimate of drug-likeness (QED) is 0.298. The molecule has 1 fully saturated rings. The zero-order valence-electron chi connectivity index (χ0n) is 16.6. The summed E-state index contributed by atoms with van der Waals surface area (Å²) >= 11 is 1.75. The summed E-state index contributed by atoms with van der Waals surface area (Å²) in [6.45, 7) is 5.42. The van der Waals surface area contributed by atoms with Crippen LogP contribution in [-0.4, -0.2) is 38.3 Å². The molecule has 0 aliphatic carbocycles. The number of hydrogen-bond donors (Lipinski definition) is 3. The molecule has 0 saturated carbocycles. The Balaban J connectivity index is 0.00000280. The number of aliphatic imine (C=N–C) groups is 1. The smallest absolute Gasteiger partial charge is 0.191 e. The molecule has 1 atom stereocenters. The van der Waals surface area contributed by atoms with Crippen molar-refractivity contribution >= 4 is 41.3 Å². The third kappa shape index (κ3) is 6.72. The first-order chi connectivity index (χ1) is 13.2. The summed E-state index contributed by atoms with van der Waals surface area (Å²) in [4.78, 5) is 5.68. The number of benzene rings is 1. The highest BCUT2D eigenvalue weighted by molar-refractivity contribution is 14.0. The molecule has 0 bridgehead atoms. The Kier molecular flexibility index (Phi) is 9.70. The first-order valence-corrected chi connectivity index (χ1v) is 10.5. The van der Waals surface area contributed by atoms with Crippen molar-refractivity contribution in [2.45, 2.75) is 37.9 Å². The molecule has 0 amide bonds. The number of nitrogens with one attached hydrogen (secondary N) is 3. The lowest BCUT2D eigenvalue weighted by atomic mass is 9.88. The second-order valence-corrected chi connectivity index (χ2v) is 8.06. The van der Waals surface area contributed by atoms with Crippen molar-refractivity contribution < 1.29 is 4.74 Å². The van der Waals surface area contributed by atoms with E-state index in [1.165, 1.54) is 10.4 Å². The maximum atomic E-state index is 5.63. The van der Waals surface area contributed by atoms with Gasteiger partial charge >= 0.3 is 0 Å². The number of guanidine groups is 1. The van der Waals surface area contributed by atoms with Gasteiger partial charge in [0.2, 0.25) is 0 Å². The lowest BCUT2D eigenvalue weighted by Gasteiger charge is -2.41. The minimum atomic E-state index is -0.00589. The van der Waals surface area contributed by atoms with E-state index in [0.717, 1.165) is 45.1 Å². The van der Waals surface area contributed by atoms with Crippen LogP contribution in [0.4, 0.5) is 0 Å². The van der Waals surface area contributed by atoms with Gasteiger partial charge in [0.15, 0.2) is 5.96 Å². The molecular weight excluding hydrogens is 483 g/mol. The molecule has 5 nitrogen and oxygen atoms in total. The Morgan fingerprint density at radius 3 is 2.54 bits per heavy atom. The van der Waals surface area contributed by atoms with Gasteiger partial charge < -0.3 is 20.7 Å². The second-order valence-electron chi connectivity index (χ2n) is 7.03. The van der Waals surface area contributed by atoms with Crippen molar-refractivity contribution in [3.8, 4) is 0 Å². The molecule has 2 heterocycles. The molecule has 7 heteroatoms. The van der Waals surface area contributed by atoms with E-state index in [1.54, 1.807) is 11.3 Å². The molecule has 1 saturated heterocycles. The fourth-order valence-corrected chi connectivity index (χ4v) is 4.12. The molecule has 1 aliphatic rings. The maximum Gasteiger partial charge on any atom is 0.191 e. The summed E-state index contributed by atoms with van der Waals surface area (Å²) in [7, 11) is 1.82. The number of ether oxygens (including phenoxy) is 1. The summed E-state index contributed by atoms with van der Waals surface area (Å²) in [5.74, 6) is 0.837. The molecule has 1 unspecified atom stereocenters. The molecule has 3 rings (SSSR count). The first-order valence-electron chi connectivity index (χ1n) is 9.58. The van der Waals surface area contributed by atoms with Crippen molar-refractivity contribution in [3.05, 3.63) is 58.3 Å². The van der Waals surface area contributed by atoms with Crippen molar-refractivity contribution in [3.63, 3.8) is 0 Å². The molecule has 1 aromatic heterocycles. The van der Waals surface area contributed by atoms with Gasteiger partial charge in [0.1, 0.15) is 0 Å². The van der Waals surface area contributed by atoms with E-state index in [4.69, 9.17) is 4.74 Å². The predicted octanol–water partition coefficient (Wildman–Crippen LogP) is 3.93. The van der Waals surface area contributed by atoms with E-state index < -0.39 is 0 Å². The Hall–Kier alpha value is -1.16. The van der Waals surface area contributed by atoms with Gasteiger partial charge in [0.05, 0.1) is 6.54 Å². The van der Waals surface area contributed by atoms with E-state index in [1.807, 2.05) is 7.05 Å². The molecule has 28 heavy (non-hydrogen) atoms. The van der Waals surface area contributed by atoms with Crippen LogP contribution in [0, 0.1) is 0 Å². The molecule has 154 valence electrons. The average molecular weight is 514 g/mol. The highest BCUT2D eigenvalue weighted by Gasteiger charge is 2.34. The van der Waals surface area contributed by atoms with Crippen LogP contribution in [-0.2, 0) is 11.3 Å². The summed E-state index contributed by atoms with van der Waals surface area (Å²) in [6.07, 6.45) is 1.97. The van der Waals surface area contributed by atoms with Crippen LogP contribution in [0.15, 0.2) is 52.8 Å². The molecule has 1 aromatic carbocycles. The Morgan fingerprint density at radius 2 is 1.89 bits per heavy atom. The summed E-state index contributed by atoms with van der Waals surface area (Å²) in [5.41, 5.74) is 1.30. The zero-order chi connectivity index (χ0) is 19.0. The van der Waals surface area contributed by atoms with Crippen molar-refractivity contribution in [1.29, 1.82) is 0 Å². The van der Waals surface area contributed by atoms with Gasteiger partial charge in [-0.25, -0.2) is 0 Å². The normalized spacial score (nSPS) is 17.4. The highest BCUT2D eigenvalue weighted by atomic mass is 127. The molecule has 2 aromatic rings. The lowest BCUT2D eigenvalue weighted by molar-refractivity contribution is 0.0355. The zero-order valence-corrected chi connectivity index (χ0v) is 19.8. The van der Waals surface area contributed by atoms with E-state index in [2.05, 4.69) is 75.7 Å². The SMILES string of the molecule is CN=C(NCc1cccs1)NCC1(NC(C)c2ccccc2)CCOCC1.I. The third-order valence-corrected chi connectivity index (χ3v) is 5.98. The Morgan fingerprint density at radius 1 is 1.14 bits per heavy atom. The Bertz CT molecular complexity index is 702. The van der Waals surface area contributed by atoms with Gasteiger partial charge in [-0.2, -0.15) is 0 Å². The second kappa shape index (κ2) is 11.7. The lowest BCUT2D eigenvalue weighted by Crippen LogP contribution is -2.58. The minimum absolute atomic E-state index is 0. The maximum absolute atomic E-state index is 5.63. The number of rotatable bonds is 7. The average Bonchev–Trinajstić information content (AvgIpc) is 3.23. The molecule has 1 aliphatic heterocycles. The highest BCUT2D eigenvalue weighted by Crippen LogP contribution is 2.25. The molecule has 0 spiro atoms. The minimum Gasteiger partial charge on any atom is -0.381 e. The van der Waals surface area contributed by atoms with E-state index >= 15 is 0 Å². The van der Waals surface area contributed by atoms with Crippen LogP contribution in [0.1, 0.15) is 36.2 Å². The molecular formula is C21H31IN4OS. The largest absolute Gasteiger partial charge is 0.381 e. The summed E-state index contributed by atoms with van der Waals surface area (Å²) in [5, 5.41) is 12.9. The van der Waals surface area contributed by atoms with Crippen LogP contribution in [0.3, 0.4) is 0 Å².